The third-order valence-electron chi connectivity index (χ3n) is 3.66. The van der Waals surface area contributed by atoms with Gasteiger partial charge in [0.1, 0.15) is 17.1 Å². The Morgan fingerprint density at radius 1 is 1.04 bits per heavy atom. The molecule has 128 valence electrons. The minimum Gasteiger partial charge on any atom is -0.497 e. The van der Waals surface area contributed by atoms with Crippen LogP contribution in [0.2, 0.25) is 0 Å². The predicted molar refractivity (Wildman–Crippen MR) is 89.6 cm³/mol. The molecule has 6 nitrogen and oxygen atoms in total. The van der Waals surface area contributed by atoms with Gasteiger partial charge < -0.3 is 24.0 Å². The van der Waals surface area contributed by atoms with Crippen LogP contribution in [-0.2, 0) is 4.74 Å². The molecule has 0 aliphatic carbocycles. The quantitative estimate of drug-likeness (QED) is 0.856. The maximum atomic E-state index is 12.1. The maximum Gasteiger partial charge on any atom is 0.410 e. The van der Waals surface area contributed by atoms with E-state index in [1.165, 1.54) is 0 Å². The molecule has 0 unspecified atom stereocenters. The van der Waals surface area contributed by atoms with Crippen molar-refractivity contribution >= 4 is 11.8 Å². The first-order valence-electron chi connectivity index (χ1n) is 7.79. The fourth-order valence-corrected chi connectivity index (χ4v) is 2.50. The molecule has 1 heterocycles. The number of carbonyl (C=O) groups excluding carboxylic acids is 1. The first kappa shape index (κ1) is 17.2. The smallest absolute Gasteiger partial charge is 0.410 e. The van der Waals surface area contributed by atoms with Crippen molar-refractivity contribution in [3.63, 3.8) is 0 Å². The molecular formula is C17H26N2O4. The lowest BCUT2D eigenvalue weighted by atomic mass is 10.2. The second-order valence-electron chi connectivity index (χ2n) is 6.49. The molecule has 1 aliphatic rings. The molecule has 1 aromatic rings. The summed E-state index contributed by atoms with van der Waals surface area (Å²) in [7, 11) is 3.28. The van der Waals surface area contributed by atoms with Gasteiger partial charge in [-0.05, 0) is 32.9 Å². The van der Waals surface area contributed by atoms with Gasteiger partial charge in [0.2, 0.25) is 0 Å². The number of hydrogen-bond donors (Lipinski definition) is 0. The molecule has 1 aliphatic heterocycles. The fourth-order valence-electron chi connectivity index (χ4n) is 2.50. The van der Waals surface area contributed by atoms with Gasteiger partial charge in [0.25, 0.3) is 0 Å². The number of carbonyl (C=O) groups is 1. The Kier molecular flexibility index (Phi) is 5.23. The summed E-state index contributed by atoms with van der Waals surface area (Å²) in [5, 5.41) is 0. The largest absolute Gasteiger partial charge is 0.497 e. The topological polar surface area (TPSA) is 51.2 Å². The van der Waals surface area contributed by atoms with Crippen molar-refractivity contribution in [2.24, 2.45) is 0 Å². The number of anilines is 1. The van der Waals surface area contributed by atoms with E-state index in [1.807, 2.05) is 39.0 Å². The molecule has 2 rings (SSSR count). The maximum absolute atomic E-state index is 12.1. The second-order valence-corrected chi connectivity index (χ2v) is 6.49. The summed E-state index contributed by atoms with van der Waals surface area (Å²) in [5.74, 6) is 1.54. The van der Waals surface area contributed by atoms with Crippen LogP contribution < -0.4 is 14.4 Å². The monoisotopic (exact) mass is 322 g/mol. The molecule has 0 saturated carbocycles. The zero-order valence-electron chi connectivity index (χ0n) is 14.6. The van der Waals surface area contributed by atoms with E-state index in [0.717, 1.165) is 30.3 Å². The van der Waals surface area contributed by atoms with Crippen LogP contribution in [0.1, 0.15) is 20.8 Å². The highest BCUT2D eigenvalue weighted by Crippen LogP contribution is 2.32. The van der Waals surface area contributed by atoms with Gasteiger partial charge in [-0.3, -0.25) is 0 Å². The van der Waals surface area contributed by atoms with E-state index in [0.29, 0.717) is 13.1 Å². The molecule has 1 amide bonds. The van der Waals surface area contributed by atoms with Crippen LogP contribution >= 0.6 is 0 Å². The van der Waals surface area contributed by atoms with Gasteiger partial charge >= 0.3 is 6.09 Å². The van der Waals surface area contributed by atoms with E-state index < -0.39 is 5.60 Å². The summed E-state index contributed by atoms with van der Waals surface area (Å²) in [6.07, 6.45) is -0.251. The molecule has 23 heavy (non-hydrogen) atoms. The van der Waals surface area contributed by atoms with E-state index in [4.69, 9.17) is 14.2 Å². The minimum absolute atomic E-state index is 0.251. The van der Waals surface area contributed by atoms with Crippen molar-refractivity contribution < 1.29 is 19.0 Å². The predicted octanol–water partition coefficient (Wildman–Crippen LogP) is 2.76. The lowest BCUT2D eigenvalue weighted by molar-refractivity contribution is 0.0240. The van der Waals surface area contributed by atoms with Gasteiger partial charge in [0, 0.05) is 32.2 Å². The number of amides is 1. The molecular weight excluding hydrogens is 296 g/mol. The number of nitrogens with zero attached hydrogens (tertiary/aromatic N) is 2. The molecule has 0 bridgehead atoms. The molecule has 6 heteroatoms. The van der Waals surface area contributed by atoms with Crippen molar-refractivity contribution in [3.05, 3.63) is 18.2 Å². The molecule has 0 aromatic heterocycles. The highest BCUT2D eigenvalue weighted by atomic mass is 16.6. The standard InChI is InChI=1S/C17H26N2O4/c1-17(2,3)23-16(20)19-10-8-18(9-11-19)14-7-6-13(21-4)12-15(14)22-5/h6-7,12H,8-11H2,1-5H3. The molecule has 1 saturated heterocycles. The van der Waals surface area contributed by atoms with E-state index in [-0.39, 0.29) is 6.09 Å². The van der Waals surface area contributed by atoms with Crippen LogP contribution in [0.15, 0.2) is 18.2 Å². The molecule has 0 spiro atoms. The van der Waals surface area contributed by atoms with Gasteiger partial charge in [0.15, 0.2) is 0 Å². The van der Waals surface area contributed by atoms with E-state index in [2.05, 4.69) is 4.90 Å². The minimum atomic E-state index is -0.465. The van der Waals surface area contributed by atoms with Crippen molar-refractivity contribution in [3.8, 4) is 11.5 Å². The lowest BCUT2D eigenvalue weighted by Crippen LogP contribution is -2.50. The Labute approximate surface area is 137 Å². The Hall–Kier alpha value is -2.11. The van der Waals surface area contributed by atoms with Crippen molar-refractivity contribution in [1.29, 1.82) is 0 Å². The number of methoxy groups -OCH3 is 2. The number of benzene rings is 1. The van der Waals surface area contributed by atoms with Crippen molar-refractivity contribution in [2.75, 3.05) is 45.3 Å². The fraction of sp³-hybridized carbons (Fsp3) is 0.588. The zero-order valence-corrected chi connectivity index (χ0v) is 14.6. The molecule has 0 N–H and O–H groups in total. The number of hydrogen-bond acceptors (Lipinski definition) is 5. The van der Waals surface area contributed by atoms with Gasteiger partial charge in [-0.15, -0.1) is 0 Å². The summed E-state index contributed by atoms with van der Waals surface area (Å²) in [6, 6.07) is 5.77. The third kappa shape index (κ3) is 4.43. The van der Waals surface area contributed by atoms with Crippen molar-refractivity contribution in [2.45, 2.75) is 26.4 Å². The molecule has 1 fully saturated rings. The Bertz CT molecular complexity index is 546. The summed E-state index contributed by atoms with van der Waals surface area (Å²) in [5.41, 5.74) is 0.546. The Morgan fingerprint density at radius 3 is 2.22 bits per heavy atom. The molecule has 0 atom stereocenters. The highest BCUT2D eigenvalue weighted by molar-refractivity contribution is 5.69. The summed E-state index contributed by atoms with van der Waals surface area (Å²) < 4.78 is 16.1. The summed E-state index contributed by atoms with van der Waals surface area (Å²) in [4.78, 5) is 16.1. The van der Waals surface area contributed by atoms with Crippen LogP contribution in [0, 0.1) is 0 Å². The van der Waals surface area contributed by atoms with Gasteiger partial charge in [-0.2, -0.15) is 0 Å². The van der Waals surface area contributed by atoms with Crippen LogP contribution in [0.25, 0.3) is 0 Å². The first-order chi connectivity index (χ1) is 10.8. The van der Waals surface area contributed by atoms with Gasteiger partial charge in [-0.1, -0.05) is 0 Å². The molecule has 0 radical (unpaired) electrons. The lowest BCUT2D eigenvalue weighted by Gasteiger charge is -2.37. The Balaban J connectivity index is 2.00. The average Bonchev–Trinajstić information content (AvgIpc) is 2.52. The van der Waals surface area contributed by atoms with Gasteiger partial charge in [0.05, 0.1) is 19.9 Å². The zero-order chi connectivity index (χ0) is 17.0. The highest BCUT2D eigenvalue weighted by Gasteiger charge is 2.26. The van der Waals surface area contributed by atoms with Crippen LogP contribution in [0.5, 0.6) is 11.5 Å². The number of ether oxygens (including phenoxy) is 3. The Morgan fingerprint density at radius 2 is 1.70 bits per heavy atom. The van der Waals surface area contributed by atoms with Crippen LogP contribution in [0.3, 0.4) is 0 Å². The normalized spacial score (nSPS) is 15.3. The third-order valence-corrected chi connectivity index (χ3v) is 3.66. The van der Waals surface area contributed by atoms with Crippen molar-refractivity contribution in [1.82, 2.24) is 4.90 Å². The van der Waals surface area contributed by atoms with E-state index in [1.54, 1.807) is 19.1 Å². The second kappa shape index (κ2) is 6.98. The van der Waals surface area contributed by atoms with Gasteiger partial charge in [-0.25, -0.2) is 4.79 Å². The average molecular weight is 322 g/mol. The van der Waals surface area contributed by atoms with E-state index in [9.17, 15) is 4.79 Å². The van der Waals surface area contributed by atoms with Crippen LogP contribution in [0.4, 0.5) is 10.5 Å². The summed E-state index contributed by atoms with van der Waals surface area (Å²) >= 11 is 0. The van der Waals surface area contributed by atoms with E-state index >= 15 is 0 Å². The SMILES string of the molecule is COc1ccc(N2CCN(C(=O)OC(C)(C)C)CC2)c(OC)c1. The molecule has 1 aromatic carbocycles. The van der Waals surface area contributed by atoms with Crippen LogP contribution in [-0.4, -0.2) is 57.0 Å². The summed E-state index contributed by atoms with van der Waals surface area (Å²) in [6.45, 7) is 8.37. The number of piperazine rings is 1. The first-order valence-corrected chi connectivity index (χ1v) is 7.79. The number of rotatable bonds is 3.